The maximum absolute atomic E-state index is 5.95. The summed E-state index contributed by atoms with van der Waals surface area (Å²) in [5.41, 5.74) is 2.36. The van der Waals surface area contributed by atoms with Crippen LogP contribution in [0.3, 0.4) is 0 Å². The Kier molecular flexibility index (Phi) is 10.2. The van der Waals surface area contributed by atoms with Crippen LogP contribution in [0.15, 0.2) is 17.1 Å². The summed E-state index contributed by atoms with van der Waals surface area (Å²) in [6, 6.07) is 4.22. The minimum atomic E-state index is 0. The summed E-state index contributed by atoms with van der Waals surface area (Å²) >= 11 is 0. The maximum atomic E-state index is 5.95. The van der Waals surface area contributed by atoms with Gasteiger partial charge in [-0.1, -0.05) is 0 Å². The predicted octanol–water partition coefficient (Wildman–Crippen LogP) is 3.19. The van der Waals surface area contributed by atoms with E-state index in [1.54, 1.807) is 0 Å². The molecule has 0 radical (unpaired) electrons. The first-order chi connectivity index (χ1) is 14.5. The van der Waals surface area contributed by atoms with Crippen LogP contribution in [0.25, 0.3) is 0 Å². The highest BCUT2D eigenvalue weighted by Crippen LogP contribution is 2.35. The third kappa shape index (κ3) is 6.61. The smallest absolute Gasteiger partial charge is 0.191 e. The van der Waals surface area contributed by atoms with E-state index in [0.29, 0.717) is 13.2 Å². The summed E-state index contributed by atoms with van der Waals surface area (Å²) in [4.78, 5) is 7.17. The van der Waals surface area contributed by atoms with Gasteiger partial charge in [-0.3, -0.25) is 0 Å². The second-order valence-electron chi connectivity index (χ2n) is 8.41. The molecule has 1 fully saturated rings. The first-order valence-electron chi connectivity index (χ1n) is 11.2. The van der Waals surface area contributed by atoms with Crippen molar-refractivity contribution < 1.29 is 14.2 Å². The van der Waals surface area contributed by atoms with Crippen LogP contribution < -0.4 is 20.1 Å². The van der Waals surface area contributed by atoms with Crippen molar-refractivity contribution >= 4 is 29.9 Å². The number of fused-ring (bicyclic) bond motifs is 1. The number of benzene rings is 1. The topological polar surface area (TPSA) is 67.4 Å². The molecule has 0 aliphatic carbocycles. The standard InChI is InChI=1S/C23H38N4O3.HI/c1-6-24-22(26-16-23(27(4)5)8-10-28-11-9-23)25-15-19-14-21-18(12-17(3)30-21)13-20(19)29-7-2;/h13-14,17H,6-12,15-16H2,1-5H3,(H2,24,25,26);1H. The summed E-state index contributed by atoms with van der Waals surface area (Å²) in [6.07, 6.45) is 3.18. The van der Waals surface area contributed by atoms with Crippen molar-refractivity contribution in [1.82, 2.24) is 15.5 Å². The number of nitrogens with one attached hydrogen (secondary N) is 2. The normalized spacial score (nSPS) is 19.9. The molecule has 0 bridgehead atoms. The maximum Gasteiger partial charge on any atom is 0.191 e. The summed E-state index contributed by atoms with van der Waals surface area (Å²) in [5.74, 6) is 2.69. The van der Waals surface area contributed by atoms with Crippen molar-refractivity contribution in [2.75, 3.05) is 47.0 Å². The van der Waals surface area contributed by atoms with Gasteiger partial charge in [-0.15, -0.1) is 24.0 Å². The molecule has 8 heteroatoms. The van der Waals surface area contributed by atoms with Crippen molar-refractivity contribution in [2.45, 2.75) is 58.2 Å². The SMILES string of the molecule is CCNC(=NCc1cc2c(cc1OCC)CC(C)O2)NCC1(N(C)C)CCOCC1.I. The molecule has 0 spiro atoms. The van der Waals surface area contributed by atoms with Crippen LogP contribution in [0.4, 0.5) is 0 Å². The summed E-state index contributed by atoms with van der Waals surface area (Å²) < 4.78 is 17.4. The van der Waals surface area contributed by atoms with Crippen molar-refractivity contribution in [3.63, 3.8) is 0 Å². The van der Waals surface area contributed by atoms with E-state index in [9.17, 15) is 0 Å². The van der Waals surface area contributed by atoms with E-state index >= 15 is 0 Å². The molecular formula is C23H39IN4O3. The number of ether oxygens (including phenoxy) is 3. The average Bonchev–Trinajstić information content (AvgIpc) is 3.09. The lowest BCUT2D eigenvalue weighted by molar-refractivity contribution is -0.00501. The zero-order valence-corrected chi connectivity index (χ0v) is 22.0. The van der Waals surface area contributed by atoms with Gasteiger partial charge in [0, 0.05) is 49.4 Å². The number of guanidine groups is 1. The lowest BCUT2D eigenvalue weighted by Gasteiger charge is -2.43. The Morgan fingerprint density at radius 2 is 1.97 bits per heavy atom. The minimum absolute atomic E-state index is 0. The van der Waals surface area contributed by atoms with Crippen LogP contribution in [-0.2, 0) is 17.7 Å². The number of halogens is 1. The molecule has 176 valence electrons. The van der Waals surface area contributed by atoms with Gasteiger partial charge in [0.1, 0.15) is 17.6 Å². The van der Waals surface area contributed by atoms with Crippen molar-refractivity contribution in [3.8, 4) is 11.5 Å². The van der Waals surface area contributed by atoms with Crippen LogP contribution in [0, 0.1) is 0 Å². The molecule has 0 aromatic heterocycles. The van der Waals surface area contributed by atoms with Gasteiger partial charge in [0.05, 0.1) is 13.2 Å². The lowest BCUT2D eigenvalue weighted by atomic mass is 9.88. The Morgan fingerprint density at radius 3 is 2.61 bits per heavy atom. The first kappa shape index (κ1) is 26.0. The molecule has 1 unspecified atom stereocenters. The van der Waals surface area contributed by atoms with Crippen LogP contribution in [-0.4, -0.2) is 69.5 Å². The third-order valence-electron chi connectivity index (χ3n) is 6.09. The highest BCUT2D eigenvalue weighted by molar-refractivity contribution is 14.0. The fourth-order valence-corrected chi connectivity index (χ4v) is 4.18. The van der Waals surface area contributed by atoms with Gasteiger partial charge in [0.25, 0.3) is 0 Å². The Hall–Kier alpha value is -1.26. The fourth-order valence-electron chi connectivity index (χ4n) is 4.18. The lowest BCUT2D eigenvalue weighted by Crippen LogP contribution is -2.57. The number of hydrogen-bond acceptors (Lipinski definition) is 5. The molecule has 3 rings (SSSR count). The van der Waals surface area contributed by atoms with Crippen molar-refractivity contribution in [3.05, 3.63) is 23.3 Å². The van der Waals surface area contributed by atoms with E-state index in [-0.39, 0.29) is 35.6 Å². The van der Waals surface area contributed by atoms with E-state index in [4.69, 9.17) is 19.2 Å². The second kappa shape index (κ2) is 12.1. The molecular weight excluding hydrogens is 507 g/mol. The van der Waals surface area contributed by atoms with Gasteiger partial charge >= 0.3 is 0 Å². The van der Waals surface area contributed by atoms with E-state index in [2.05, 4.69) is 55.6 Å². The van der Waals surface area contributed by atoms with Gasteiger partial charge in [-0.25, -0.2) is 4.99 Å². The third-order valence-corrected chi connectivity index (χ3v) is 6.09. The van der Waals surface area contributed by atoms with Gasteiger partial charge < -0.3 is 29.7 Å². The zero-order chi connectivity index (χ0) is 21.6. The highest BCUT2D eigenvalue weighted by atomic mass is 127. The van der Waals surface area contributed by atoms with Crippen LogP contribution in [0.5, 0.6) is 11.5 Å². The van der Waals surface area contributed by atoms with Gasteiger partial charge in [0.15, 0.2) is 5.96 Å². The van der Waals surface area contributed by atoms with Gasteiger partial charge in [-0.2, -0.15) is 0 Å². The Morgan fingerprint density at radius 1 is 1.23 bits per heavy atom. The molecule has 31 heavy (non-hydrogen) atoms. The molecule has 2 aliphatic rings. The van der Waals surface area contributed by atoms with Crippen LogP contribution in [0.2, 0.25) is 0 Å². The summed E-state index contributed by atoms with van der Waals surface area (Å²) in [7, 11) is 4.30. The largest absolute Gasteiger partial charge is 0.494 e. The minimum Gasteiger partial charge on any atom is -0.494 e. The molecule has 2 N–H and O–H groups in total. The molecule has 2 heterocycles. The molecule has 1 atom stereocenters. The van der Waals surface area contributed by atoms with Crippen LogP contribution in [0.1, 0.15) is 44.7 Å². The number of rotatable bonds is 8. The van der Waals surface area contributed by atoms with E-state index in [1.807, 2.05) is 6.92 Å². The molecule has 1 saturated heterocycles. The summed E-state index contributed by atoms with van der Waals surface area (Å²) in [5, 5.41) is 6.94. The Labute approximate surface area is 204 Å². The molecule has 7 nitrogen and oxygen atoms in total. The number of likely N-dealkylation sites (N-methyl/N-ethyl adjacent to an activating group) is 1. The zero-order valence-electron chi connectivity index (χ0n) is 19.6. The quantitative estimate of drug-likeness (QED) is 0.297. The molecule has 2 aliphatic heterocycles. The summed E-state index contributed by atoms with van der Waals surface area (Å²) in [6.45, 7) is 10.6. The number of hydrogen-bond donors (Lipinski definition) is 2. The number of aliphatic imine (C=N–C) groups is 1. The van der Waals surface area contributed by atoms with E-state index in [0.717, 1.165) is 68.6 Å². The predicted molar refractivity (Wildman–Crippen MR) is 136 cm³/mol. The van der Waals surface area contributed by atoms with Crippen molar-refractivity contribution in [1.29, 1.82) is 0 Å². The van der Waals surface area contributed by atoms with E-state index < -0.39 is 0 Å². The average molecular weight is 546 g/mol. The molecule has 1 aromatic rings. The molecule has 1 aromatic carbocycles. The van der Waals surface area contributed by atoms with E-state index in [1.165, 1.54) is 5.56 Å². The molecule has 0 saturated carbocycles. The Bertz CT molecular complexity index is 736. The highest BCUT2D eigenvalue weighted by Gasteiger charge is 2.34. The first-order valence-corrected chi connectivity index (χ1v) is 11.2. The Balaban J connectivity index is 0.00000341. The monoisotopic (exact) mass is 546 g/mol. The van der Waals surface area contributed by atoms with Crippen LogP contribution >= 0.6 is 24.0 Å². The second-order valence-corrected chi connectivity index (χ2v) is 8.41. The fraction of sp³-hybridized carbons (Fsp3) is 0.696. The molecule has 0 amide bonds. The van der Waals surface area contributed by atoms with Gasteiger partial charge in [0.2, 0.25) is 0 Å². The van der Waals surface area contributed by atoms with Gasteiger partial charge in [-0.05, 0) is 59.8 Å². The number of nitrogens with zero attached hydrogens (tertiary/aromatic N) is 2. The van der Waals surface area contributed by atoms with Crippen molar-refractivity contribution in [2.24, 2.45) is 4.99 Å².